The summed E-state index contributed by atoms with van der Waals surface area (Å²) in [5.41, 5.74) is -0.977. The Kier molecular flexibility index (Phi) is 7.79. The van der Waals surface area contributed by atoms with Gasteiger partial charge in [0, 0.05) is 13.1 Å². The van der Waals surface area contributed by atoms with Crippen molar-refractivity contribution in [3.8, 4) is 6.07 Å². The van der Waals surface area contributed by atoms with Gasteiger partial charge in [0.15, 0.2) is 6.61 Å². The first kappa shape index (κ1) is 19.7. The van der Waals surface area contributed by atoms with Crippen LogP contribution in [0.4, 0.5) is 0 Å². The standard InChI is InChI=1S/C15H23N3O3S2/c1-11(2)15(3,10-16)17-12(19)8-21-13(20)9-23-14(22)18-6-4-5-7-18/h11H,4-9H2,1-3H3,(H,17,19)/t15-/m0/s1. The summed E-state index contributed by atoms with van der Waals surface area (Å²) < 4.78 is 5.62. The first-order chi connectivity index (χ1) is 10.8. The summed E-state index contributed by atoms with van der Waals surface area (Å²) >= 11 is 6.50. The molecule has 1 heterocycles. The van der Waals surface area contributed by atoms with Gasteiger partial charge >= 0.3 is 5.97 Å². The van der Waals surface area contributed by atoms with Gasteiger partial charge in [-0.25, -0.2) is 0 Å². The monoisotopic (exact) mass is 357 g/mol. The largest absolute Gasteiger partial charge is 0.455 e. The summed E-state index contributed by atoms with van der Waals surface area (Å²) in [7, 11) is 0. The molecule has 128 valence electrons. The van der Waals surface area contributed by atoms with Crippen LogP contribution in [-0.4, -0.2) is 52.1 Å². The molecule has 0 radical (unpaired) electrons. The molecular formula is C15H23N3O3S2. The van der Waals surface area contributed by atoms with Crippen LogP contribution >= 0.6 is 24.0 Å². The number of amides is 1. The van der Waals surface area contributed by atoms with Crippen LogP contribution in [0.3, 0.4) is 0 Å². The van der Waals surface area contributed by atoms with Crippen molar-refractivity contribution in [3.05, 3.63) is 0 Å². The molecule has 0 aromatic heterocycles. The summed E-state index contributed by atoms with van der Waals surface area (Å²) in [5, 5.41) is 11.7. The van der Waals surface area contributed by atoms with E-state index < -0.39 is 17.4 Å². The third kappa shape index (κ3) is 6.36. The predicted molar refractivity (Wildman–Crippen MR) is 93.8 cm³/mol. The van der Waals surface area contributed by atoms with E-state index in [1.165, 1.54) is 11.8 Å². The second-order valence-corrected chi connectivity index (χ2v) is 7.54. The molecule has 0 aliphatic carbocycles. The van der Waals surface area contributed by atoms with Crippen LogP contribution in [-0.2, 0) is 14.3 Å². The van der Waals surface area contributed by atoms with E-state index in [2.05, 4.69) is 16.3 Å². The van der Waals surface area contributed by atoms with Gasteiger partial charge in [-0.3, -0.25) is 9.59 Å². The average Bonchev–Trinajstić information content (AvgIpc) is 3.04. The summed E-state index contributed by atoms with van der Waals surface area (Å²) in [6.07, 6.45) is 2.25. The minimum absolute atomic E-state index is 0.0551. The first-order valence-electron chi connectivity index (χ1n) is 7.58. The van der Waals surface area contributed by atoms with Gasteiger partial charge in [-0.15, -0.1) is 0 Å². The molecule has 0 spiro atoms. The van der Waals surface area contributed by atoms with Crippen molar-refractivity contribution in [2.45, 2.75) is 39.2 Å². The van der Waals surface area contributed by atoms with E-state index in [1.807, 2.05) is 13.8 Å². The van der Waals surface area contributed by atoms with E-state index >= 15 is 0 Å². The topological polar surface area (TPSA) is 82.4 Å². The van der Waals surface area contributed by atoms with Gasteiger partial charge in [-0.1, -0.05) is 37.8 Å². The molecule has 1 aliphatic heterocycles. The number of rotatable bonds is 6. The Hall–Kier alpha value is -1.33. The van der Waals surface area contributed by atoms with Crippen LogP contribution < -0.4 is 5.32 Å². The number of ether oxygens (including phenoxy) is 1. The molecule has 1 rings (SSSR count). The van der Waals surface area contributed by atoms with Crippen LogP contribution in [0.25, 0.3) is 0 Å². The van der Waals surface area contributed by atoms with Gasteiger partial charge < -0.3 is 15.0 Å². The van der Waals surface area contributed by atoms with Crippen molar-refractivity contribution in [1.29, 1.82) is 5.26 Å². The van der Waals surface area contributed by atoms with Gasteiger partial charge in [0.2, 0.25) is 0 Å². The molecule has 0 aromatic carbocycles. The van der Waals surface area contributed by atoms with Gasteiger partial charge in [0.05, 0.1) is 11.8 Å². The number of nitrogens with zero attached hydrogens (tertiary/aromatic N) is 2. The zero-order valence-corrected chi connectivity index (χ0v) is 15.4. The summed E-state index contributed by atoms with van der Waals surface area (Å²) in [6.45, 7) is 6.80. The molecule has 1 saturated heterocycles. The zero-order valence-electron chi connectivity index (χ0n) is 13.8. The number of nitrogens with one attached hydrogen (secondary N) is 1. The quantitative estimate of drug-likeness (QED) is 0.572. The van der Waals surface area contributed by atoms with Gasteiger partial charge in [-0.05, 0) is 25.7 Å². The van der Waals surface area contributed by atoms with Crippen molar-refractivity contribution in [2.75, 3.05) is 25.4 Å². The highest BCUT2D eigenvalue weighted by Crippen LogP contribution is 2.16. The summed E-state index contributed by atoms with van der Waals surface area (Å²) in [6, 6.07) is 2.07. The average molecular weight is 358 g/mol. The zero-order chi connectivity index (χ0) is 17.5. The smallest absolute Gasteiger partial charge is 0.316 e. The van der Waals surface area contributed by atoms with Crippen LogP contribution in [0.2, 0.25) is 0 Å². The van der Waals surface area contributed by atoms with Crippen molar-refractivity contribution < 1.29 is 14.3 Å². The van der Waals surface area contributed by atoms with Gasteiger partial charge in [0.1, 0.15) is 9.86 Å². The van der Waals surface area contributed by atoms with E-state index in [0.29, 0.717) is 4.32 Å². The molecule has 1 amide bonds. The highest BCUT2D eigenvalue weighted by Gasteiger charge is 2.30. The lowest BCUT2D eigenvalue weighted by atomic mass is 9.90. The second kappa shape index (κ2) is 9.08. The lowest BCUT2D eigenvalue weighted by Gasteiger charge is -2.27. The number of hydrogen-bond donors (Lipinski definition) is 1. The van der Waals surface area contributed by atoms with E-state index in [9.17, 15) is 9.59 Å². The fraction of sp³-hybridized carbons (Fsp3) is 0.733. The third-order valence-corrected chi connectivity index (χ3v) is 5.32. The number of esters is 1. The Labute approximate surface area is 146 Å². The Morgan fingerprint density at radius 1 is 1.43 bits per heavy atom. The molecule has 1 atom stereocenters. The molecule has 1 fully saturated rings. The van der Waals surface area contributed by atoms with Crippen molar-refractivity contribution in [3.63, 3.8) is 0 Å². The summed E-state index contributed by atoms with van der Waals surface area (Å²) in [5.74, 6) is -0.943. The molecule has 0 saturated carbocycles. The van der Waals surface area contributed by atoms with Crippen molar-refractivity contribution >= 4 is 40.2 Å². The Balaban J connectivity index is 2.28. The molecular weight excluding hydrogens is 334 g/mol. The van der Waals surface area contributed by atoms with Crippen LogP contribution in [0, 0.1) is 17.2 Å². The molecule has 0 unspecified atom stereocenters. The Bertz CT molecular complexity index is 499. The number of carbonyl (C=O) groups is 2. The van der Waals surface area contributed by atoms with E-state index in [4.69, 9.17) is 22.2 Å². The fourth-order valence-electron chi connectivity index (χ4n) is 1.93. The summed E-state index contributed by atoms with van der Waals surface area (Å²) in [4.78, 5) is 25.5. The first-order valence-corrected chi connectivity index (χ1v) is 8.97. The number of carbonyl (C=O) groups excluding carboxylic acids is 2. The van der Waals surface area contributed by atoms with Gasteiger partial charge in [0.25, 0.3) is 5.91 Å². The molecule has 0 bridgehead atoms. The maximum Gasteiger partial charge on any atom is 0.316 e. The minimum atomic E-state index is -0.977. The molecule has 0 aromatic rings. The van der Waals surface area contributed by atoms with E-state index in [1.54, 1.807) is 6.92 Å². The molecule has 1 aliphatic rings. The SMILES string of the molecule is CC(C)[C@](C)(C#N)NC(=O)COC(=O)CSC(=S)N1CCCC1. The number of hydrogen-bond acceptors (Lipinski definition) is 6. The van der Waals surface area contributed by atoms with Crippen LogP contribution in [0.1, 0.15) is 33.6 Å². The lowest BCUT2D eigenvalue weighted by Crippen LogP contribution is -2.50. The molecule has 8 heteroatoms. The molecule has 6 nitrogen and oxygen atoms in total. The number of thioether (sulfide) groups is 1. The minimum Gasteiger partial charge on any atom is -0.455 e. The number of nitriles is 1. The highest BCUT2D eigenvalue weighted by atomic mass is 32.2. The molecule has 1 N–H and O–H groups in total. The lowest BCUT2D eigenvalue weighted by molar-refractivity contribution is -0.146. The van der Waals surface area contributed by atoms with E-state index in [0.717, 1.165) is 25.9 Å². The van der Waals surface area contributed by atoms with Crippen LogP contribution in [0.5, 0.6) is 0 Å². The Morgan fingerprint density at radius 2 is 2.04 bits per heavy atom. The predicted octanol–water partition coefficient (Wildman–Crippen LogP) is 1.70. The fourth-order valence-corrected chi connectivity index (χ4v) is 2.98. The maximum absolute atomic E-state index is 11.8. The third-order valence-electron chi connectivity index (χ3n) is 3.83. The molecule has 23 heavy (non-hydrogen) atoms. The van der Waals surface area contributed by atoms with Crippen LogP contribution in [0.15, 0.2) is 0 Å². The number of likely N-dealkylation sites (tertiary alicyclic amines) is 1. The van der Waals surface area contributed by atoms with Crippen molar-refractivity contribution in [1.82, 2.24) is 10.2 Å². The normalized spacial score (nSPS) is 16.6. The maximum atomic E-state index is 11.8. The van der Waals surface area contributed by atoms with Crippen molar-refractivity contribution in [2.24, 2.45) is 5.92 Å². The number of thiocarbonyl (C=S) groups is 1. The van der Waals surface area contributed by atoms with Gasteiger partial charge in [-0.2, -0.15) is 5.26 Å². The highest BCUT2D eigenvalue weighted by molar-refractivity contribution is 8.23. The van der Waals surface area contributed by atoms with E-state index in [-0.39, 0.29) is 18.3 Å². The Morgan fingerprint density at radius 3 is 2.57 bits per heavy atom. The second-order valence-electron chi connectivity index (χ2n) is 5.93.